The first-order valence-electron chi connectivity index (χ1n) is 3.25. The second-order valence-corrected chi connectivity index (χ2v) is 2.39. The Bertz CT molecular complexity index is 333. The summed E-state index contributed by atoms with van der Waals surface area (Å²) >= 11 is 0. The molecular weight excluding hydrogens is 163 g/mol. The molecule has 0 atom stereocenters. The van der Waals surface area contributed by atoms with Crippen LogP contribution in [0.5, 0.6) is 5.75 Å². The summed E-state index contributed by atoms with van der Waals surface area (Å²) in [5.74, 6) is -2.90. The van der Waals surface area contributed by atoms with Crippen molar-refractivity contribution in [1.29, 1.82) is 0 Å². The average molecular weight is 170 g/mol. The van der Waals surface area contributed by atoms with Crippen LogP contribution in [-0.4, -0.2) is 16.2 Å². The normalized spacial score (nSPS) is 9.83. The van der Waals surface area contributed by atoms with E-state index in [-0.39, 0.29) is 0 Å². The molecule has 0 aliphatic carbocycles. The van der Waals surface area contributed by atoms with E-state index in [4.69, 9.17) is 10.2 Å². The van der Waals surface area contributed by atoms with Gasteiger partial charge in [0.15, 0.2) is 0 Å². The minimum Gasteiger partial charge on any atom is -0.507 e. The largest absolute Gasteiger partial charge is 0.507 e. The summed E-state index contributed by atoms with van der Waals surface area (Å²) in [5.41, 5.74) is -0.330. The van der Waals surface area contributed by atoms with Crippen molar-refractivity contribution in [3.8, 4) is 5.75 Å². The Morgan fingerprint density at radius 1 is 1.50 bits per heavy atom. The topological polar surface area (TPSA) is 57.5 Å². The maximum Gasteiger partial charge on any atom is 0.342 e. The van der Waals surface area contributed by atoms with Crippen molar-refractivity contribution in [2.75, 3.05) is 0 Å². The summed E-state index contributed by atoms with van der Waals surface area (Å²) in [6.45, 7) is 1.50. The van der Waals surface area contributed by atoms with E-state index in [0.717, 1.165) is 6.07 Å². The van der Waals surface area contributed by atoms with E-state index in [1.165, 1.54) is 13.0 Å². The van der Waals surface area contributed by atoms with Gasteiger partial charge in [-0.25, -0.2) is 9.18 Å². The molecule has 1 aromatic carbocycles. The highest BCUT2D eigenvalue weighted by atomic mass is 19.1. The predicted octanol–water partition coefficient (Wildman–Crippen LogP) is 1.54. The number of rotatable bonds is 1. The smallest absolute Gasteiger partial charge is 0.342 e. The number of carboxylic acid groups (broad SMARTS) is 1. The van der Waals surface area contributed by atoms with Gasteiger partial charge in [0.05, 0.1) is 0 Å². The Kier molecular flexibility index (Phi) is 1.99. The molecule has 2 N–H and O–H groups in total. The number of halogens is 1. The fraction of sp³-hybridized carbons (Fsp3) is 0.125. The van der Waals surface area contributed by atoms with E-state index < -0.39 is 23.1 Å². The van der Waals surface area contributed by atoms with Crippen LogP contribution < -0.4 is 0 Å². The van der Waals surface area contributed by atoms with Crippen molar-refractivity contribution in [2.45, 2.75) is 6.92 Å². The third-order valence-corrected chi connectivity index (χ3v) is 1.54. The van der Waals surface area contributed by atoms with Gasteiger partial charge in [0.2, 0.25) is 0 Å². The molecule has 0 bridgehead atoms. The van der Waals surface area contributed by atoms with Gasteiger partial charge >= 0.3 is 5.97 Å². The second kappa shape index (κ2) is 2.81. The molecule has 0 aliphatic heterocycles. The van der Waals surface area contributed by atoms with Crippen molar-refractivity contribution >= 4 is 5.97 Å². The fourth-order valence-corrected chi connectivity index (χ4v) is 0.874. The van der Waals surface area contributed by atoms with Crippen LogP contribution >= 0.6 is 0 Å². The summed E-state index contributed by atoms with van der Waals surface area (Å²) in [5, 5.41) is 17.6. The summed E-state index contributed by atoms with van der Waals surface area (Å²) in [4.78, 5) is 10.4. The molecule has 4 heteroatoms. The van der Waals surface area contributed by atoms with E-state index >= 15 is 0 Å². The zero-order valence-corrected chi connectivity index (χ0v) is 6.34. The van der Waals surface area contributed by atoms with Crippen molar-refractivity contribution in [1.82, 2.24) is 0 Å². The summed E-state index contributed by atoms with van der Waals surface area (Å²) in [6.07, 6.45) is 0. The van der Waals surface area contributed by atoms with Gasteiger partial charge in [0.25, 0.3) is 0 Å². The van der Waals surface area contributed by atoms with Crippen LogP contribution in [0.4, 0.5) is 4.39 Å². The van der Waals surface area contributed by atoms with Crippen molar-refractivity contribution in [3.05, 3.63) is 29.1 Å². The molecule has 12 heavy (non-hydrogen) atoms. The monoisotopic (exact) mass is 170 g/mol. The van der Waals surface area contributed by atoms with E-state index in [0.29, 0.717) is 5.56 Å². The molecule has 0 amide bonds. The molecular formula is C8H7FO3. The lowest BCUT2D eigenvalue weighted by Gasteiger charge is -2.02. The van der Waals surface area contributed by atoms with Crippen LogP contribution in [0, 0.1) is 12.7 Å². The molecule has 0 unspecified atom stereocenters. The fourth-order valence-electron chi connectivity index (χ4n) is 0.874. The van der Waals surface area contributed by atoms with Crippen LogP contribution in [0.25, 0.3) is 0 Å². The summed E-state index contributed by atoms with van der Waals surface area (Å²) in [6, 6.07) is 2.33. The number of aromatic hydroxyl groups is 1. The number of benzene rings is 1. The van der Waals surface area contributed by atoms with E-state index in [9.17, 15) is 9.18 Å². The van der Waals surface area contributed by atoms with Gasteiger partial charge in [-0.05, 0) is 18.6 Å². The second-order valence-electron chi connectivity index (χ2n) is 2.39. The standard InChI is InChI=1S/C8H7FO3/c1-4-2-3-5(9)6(7(4)10)8(11)12/h2-3,10H,1H3,(H,11,12). The van der Waals surface area contributed by atoms with Crippen LogP contribution in [0.2, 0.25) is 0 Å². The lowest BCUT2D eigenvalue weighted by Crippen LogP contribution is -2.01. The number of aryl methyl sites for hydroxylation is 1. The van der Waals surface area contributed by atoms with Gasteiger partial charge in [-0.1, -0.05) is 6.07 Å². The molecule has 64 valence electrons. The number of carbonyl (C=O) groups is 1. The Morgan fingerprint density at radius 3 is 2.50 bits per heavy atom. The molecule has 0 fully saturated rings. The van der Waals surface area contributed by atoms with Gasteiger partial charge < -0.3 is 10.2 Å². The molecule has 1 rings (SSSR count). The Hall–Kier alpha value is -1.58. The highest BCUT2D eigenvalue weighted by Gasteiger charge is 2.16. The average Bonchev–Trinajstić information content (AvgIpc) is 1.97. The Morgan fingerprint density at radius 2 is 2.08 bits per heavy atom. The zero-order chi connectivity index (χ0) is 9.30. The van der Waals surface area contributed by atoms with Crippen LogP contribution in [0.15, 0.2) is 12.1 Å². The Balaban J connectivity index is 3.43. The lowest BCUT2D eigenvalue weighted by atomic mass is 10.1. The molecule has 1 aromatic rings. The zero-order valence-electron chi connectivity index (χ0n) is 6.34. The minimum atomic E-state index is -1.46. The van der Waals surface area contributed by atoms with Crippen molar-refractivity contribution < 1.29 is 19.4 Å². The lowest BCUT2D eigenvalue weighted by molar-refractivity contribution is 0.0688. The first-order valence-corrected chi connectivity index (χ1v) is 3.25. The van der Waals surface area contributed by atoms with E-state index in [1.807, 2.05) is 0 Å². The van der Waals surface area contributed by atoms with Crippen LogP contribution in [0.3, 0.4) is 0 Å². The quantitative estimate of drug-likeness (QED) is 0.672. The number of carboxylic acids is 1. The first-order chi connectivity index (χ1) is 5.54. The maximum absolute atomic E-state index is 12.7. The SMILES string of the molecule is Cc1ccc(F)c(C(=O)O)c1O. The molecule has 0 heterocycles. The van der Waals surface area contributed by atoms with Gasteiger partial charge in [0, 0.05) is 0 Å². The van der Waals surface area contributed by atoms with Gasteiger partial charge in [-0.2, -0.15) is 0 Å². The third kappa shape index (κ3) is 1.23. The number of hydrogen-bond acceptors (Lipinski definition) is 2. The number of hydrogen-bond donors (Lipinski definition) is 2. The molecule has 0 saturated heterocycles. The number of phenols is 1. The molecule has 3 nitrogen and oxygen atoms in total. The molecule has 0 spiro atoms. The van der Waals surface area contributed by atoms with E-state index in [1.54, 1.807) is 0 Å². The highest BCUT2D eigenvalue weighted by Crippen LogP contribution is 2.24. The minimum absolute atomic E-state index is 0.341. The van der Waals surface area contributed by atoms with Gasteiger partial charge in [-0.15, -0.1) is 0 Å². The van der Waals surface area contributed by atoms with Crippen molar-refractivity contribution in [3.63, 3.8) is 0 Å². The Labute approximate surface area is 68.1 Å². The first kappa shape index (κ1) is 8.52. The summed E-state index contributed by atoms with van der Waals surface area (Å²) < 4.78 is 12.7. The van der Waals surface area contributed by atoms with Crippen LogP contribution in [0.1, 0.15) is 15.9 Å². The van der Waals surface area contributed by atoms with Crippen LogP contribution in [-0.2, 0) is 0 Å². The van der Waals surface area contributed by atoms with Gasteiger partial charge in [0.1, 0.15) is 17.1 Å². The van der Waals surface area contributed by atoms with Crippen molar-refractivity contribution in [2.24, 2.45) is 0 Å². The maximum atomic E-state index is 12.7. The molecule has 0 aromatic heterocycles. The van der Waals surface area contributed by atoms with Gasteiger partial charge in [-0.3, -0.25) is 0 Å². The third-order valence-electron chi connectivity index (χ3n) is 1.54. The summed E-state index contributed by atoms with van der Waals surface area (Å²) in [7, 11) is 0. The molecule has 0 aliphatic rings. The molecule has 0 radical (unpaired) electrons. The molecule has 0 saturated carbocycles. The van der Waals surface area contributed by atoms with E-state index in [2.05, 4.69) is 0 Å². The number of aromatic carboxylic acids is 1. The highest BCUT2D eigenvalue weighted by molar-refractivity contribution is 5.91. The predicted molar refractivity (Wildman–Crippen MR) is 39.8 cm³/mol.